The zero-order valence-corrected chi connectivity index (χ0v) is 10.3. The van der Waals surface area contributed by atoms with Gasteiger partial charge >= 0.3 is 5.97 Å². The van der Waals surface area contributed by atoms with Gasteiger partial charge in [0.25, 0.3) is 0 Å². The minimum atomic E-state index is -1.00. The van der Waals surface area contributed by atoms with Crippen LogP contribution in [0.1, 0.15) is 10.4 Å². The molecule has 0 saturated carbocycles. The quantitative estimate of drug-likeness (QED) is 0.704. The normalized spacial score (nSPS) is 10.8. The molecule has 0 aliphatic carbocycles. The van der Waals surface area contributed by atoms with Crippen molar-refractivity contribution in [3.8, 4) is 11.4 Å². The first-order valence-corrected chi connectivity index (χ1v) is 5.87. The highest BCUT2D eigenvalue weighted by molar-refractivity contribution is 6.29. The van der Waals surface area contributed by atoms with Crippen molar-refractivity contribution in [1.82, 2.24) is 15.0 Å². The Kier molecular flexibility index (Phi) is 2.68. The number of imidazole rings is 1. The van der Waals surface area contributed by atoms with Crippen LogP contribution in [-0.4, -0.2) is 26.0 Å². The fraction of sp³-hybridized carbons (Fsp3) is 0. The number of hydrogen-bond acceptors (Lipinski definition) is 3. The van der Waals surface area contributed by atoms with Gasteiger partial charge in [0.1, 0.15) is 16.5 Å². The Morgan fingerprint density at radius 1 is 1.26 bits per heavy atom. The number of para-hydroxylation sites is 1. The highest BCUT2D eigenvalue weighted by atomic mass is 35.5. The van der Waals surface area contributed by atoms with E-state index in [4.69, 9.17) is 16.7 Å². The van der Waals surface area contributed by atoms with E-state index in [1.54, 1.807) is 30.5 Å². The summed E-state index contributed by atoms with van der Waals surface area (Å²) in [4.78, 5) is 22.5. The number of nitrogens with zero attached hydrogens (tertiary/aromatic N) is 2. The molecule has 94 valence electrons. The molecular formula is C13H8ClN3O2. The molecule has 6 heteroatoms. The summed E-state index contributed by atoms with van der Waals surface area (Å²) in [7, 11) is 0. The summed E-state index contributed by atoms with van der Waals surface area (Å²) in [6.45, 7) is 0. The fourth-order valence-electron chi connectivity index (χ4n) is 1.86. The molecule has 0 aliphatic heterocycles. The summed E-state index contributed by atoms with van der Waals surface area (Å²) in [5.41, 5.74) is 2.02. The van der Waals surface area contributed by atoms with E-state index < -0.39 is 5.97 Å². The van der Waals surface area contributed by atoms with Crippen molar-refractivity contribution in [2.24, 2.45) is 0 Å². The monoisotopic (exact) mass is 273 g/mol. The molecule has 5 nitrogen and oxygen atoms in total. The Morgan fingerprint density at radius 2 is 2.11 bits per heavy atom. The molecule has 3 rings (SSSR count). The van der Waals surface area contributed by atoms with E-state index in [-0.39, 0.29) is 5.56 Å². The van der Waals surface area contributed by atoms with Crippen LogP contribution in [0.3, 0.4) is 0 Å². The number of carbonyl (C=O) groups is 1. The third-order valence-electron chi connectivity index (χ3n) is 2.74. The first-order chi connectivity index (χ1) is 9.15. The third-order valence-corrected chi connectivity index (χ3v) is 2.97. The van der Waals surface area contributed by atoms with Crippen molar-refractivity contribution in [1.29, 1.82) is 0 Å². The van der Waals surface area contributed by atoms with Crippen LogP contribution in [0.15, 0.2) is 36.5 Å². The zero-order valence-electron chi connectivity index (χ0n) is 9.59. The van der Waals surface area contributed by atoms with E-state index in [9.17, 15) is 4.79 Å². The van der Waals surface area contributed by atoms with Crippen LogP contribution in [-0.2, 0) is 0 Å². The van der Waals surface area contributed by atoms with Crippen molar-refractivity contribution in [3.05, 3.63) is 47.2 Å². The van der Waals surface area contributed by atoms with E-state index >= 15 is 0 Å². The van der Waals surface area contributed by atoms with E-state index in [0.29, 0.717) is 22.0 Å². The lowest BCUT2D eigenvalue weighted by Crippen LogP contribution is -1.96. The Bertz CT molecular complexity index is 765. The van der Waals surface area contributed by atoms with Gasteiger partial charge in [-0.15, -0.1) is 0 Å². The van der Waals surface area contributed by atoms with Gasteiger partial charge < -0.3 is 10.1 Å². The number of halogens is 1. The SMILES string of the molecule is O=C(O)c1cccc2[nH]c(-c3ccc(Cl)nc3)nc12. The highest BCUT2D eigenvalue weighted by Gasteiger charge is 2.13. The van der Waals surface area contributed by atoms with E-state index in [0.717, 1.165) is 5.56 Å². The Morgan fingerprint density at radius 3 is 2.79 bits per heavy atom. The van der Waals surface area contributed by atoms with Gasteiger partial charge in [0.2, 0.25) is 0 Å². The molecule has 0 unspecified atom stereocenters. The number of carboxylic acid groups (broad SMARTS) is 1. The molecule has 0 amide bonds. The maximum atomic E-state index is 11.1. The number of aromatic nitrogens is 3. The van der Waals surface area contributed by atoms with Gasteiger partial charge in [-0.2, -0.15) is 0 Å². The lowest BCUT2D eigenvalue weighted by atomic mass is 10.2. The Hall–Kier alpha value is -2.40. The summed E-state index contributed by atoms with van der Waals surface area (Å²) >= 11 is 5.73. The largest absolute Gasteiger partial charge is 0.478 e. The maximum absolute atomic E-state index is 11.1. The summed E-state index contributed by atoms with van der Waals surface area (Å²) in [5, 5.41) is 9.51. The number of nitrogens with one attached hydrogen (secondary N) is 1. The molecule has 0 saturated heterocycles. The van der Waals surface area contributed by atoms with Gasteiger partial charge in [0, 0.05) is 11.8 Å². The molecule has 0 aliphatic rings. The second kappa shape index (κ2) is 4.37. The summed E-state index contributed by atoms with van der Waals surface area (Å²) in [5.74, 6) is -0.439. The highest BCUT2D eigenvalue weighted by Crippen LogP contribution is 2.23. The number of benzene rings is 1. The Balaban J connectivity index is 2.19. The Labute approximate surface area is 112 Å². The third kappa shape index (κ3) is 2.04. The fourth-order valence-corrected chi connectivity index (χ4v) is 1.97. The number of aromatic carboxylic acids is 1. The molecule has 2 heterocycles. The van der Waals surface area contributed by atoms with Crippen molar-refractivity contribution in [2.75, 3.05) is 0 Å². The standard InChI is InChI=1S/C13H8ClN3O2/c14-10-5-4-7(6-15-10)12-16-9-3-1-2-8(13(18)19)11(9)17-12/h1-6H,(H,16,17)(H,18,19). The first-order valence-electron chi connectivity index (χ1n) is 5.49. The molecule has 1 aromatic carbocycles. The second-order valence-electron chi connectivity index (χ2n) is 3.96. The van der Waals surface area contributed by atoms with Crippen LogP contribution in [0.4, 0.5) is 0 Å². The number of fused-ring (bicyclic) bond motifs is 1. The van der Waals surface area contributed by atoms with Crippen molar-refractivity contribution in [2.45, 2.75) is 0 Å². The molecule has 3 aromatic rings. The van der Waals surface area contributed by atoms with Crippen LogP contribution in [0.2, 0.25) is 5.15 Å². The number of carboxylic acids is 1. The molecule has 19 heavy (non-hydrogen) atoms. The van der Waals surface area contributed by atoms with Gasteiger partial charge in [-0.3, -0.25) is 0 Å². The number of aromatic amines is 1. The molecule has 0 spiro atoms. The second-order valence-corrected chi connectivity index (χ2v) is 4.35. The number of H-pyrrole nitrogens is 1. The van der Waals surface area contributed by atoms with Crippen LogP contribution in [0.25, 0.3) is 22.4 Å². The number of pyridine rings is 1. The molecule has 0 fully saturated rings. The predicted molar refractivity (Wildman–Crippen MR) is 71.3 cm³/mol. The van der Waals surface area contributed by atoms with Crippen LogP contribution < -0.4 is 0 Å². The molecular weight excluding hydrogens is 266 g/mol. The molecule has 2 N–H and O–H groups in total. The van der Waals surface area contributed by atoms with E-state index in [1.807, 2.05) is 0 Å². The number of rotatable bonds is 2. The summed E-state index contributed by atoms with van der Waals surface area (Å²) in [6, 6.07) is 8.40. The van der Waals surface area contributed by atoms with Gasteiger partial charge in [-0.25, -0.2) is 14.8 Å². The van der Waals surface area contributed by atoms with E-state index in [2.05, 4.69) is 15.0 Å². The van der Waals surface area contributed by atoms with Gasteiger partial charge in [0.15, 0.2) is 0 Å². The average Bonchev–Trinajstić information content (AvgIpc) is 2.82. The van der Waals surface area contributed by atoms with Gasteiger partial charge in [-0.1, -0.05) is 17.7 Å². The van der Waals surface area contributed by atoms with Crippen LogP contribution in [0, 0.1) is 0 Å². The lowest BCUT2D eigenvalue weighted by Gasteiger charge is -1.95. The molecule has 2 aromatic heterocycles. The van der Waals surface area contributed by atoms with Crippen LogP contribution in [0.5, 0.6) is 0 Å². The smallest absolute Gasteiger partial charge is 0.337 e. The minimum Gasteiger partial charge on any atom is -0.478 e. The van der Waals surface area contributed by atoms with E-state index in [1.165, 1.54) is 6.07 Å². The summed E-state index contributed by atoms with van der Waals surface area (Å²) < 4.78 is 0. The summed E-state index contributed by atoms with van der Waals surface area (Å²) in [6.07, 6.45) is 1.58. The lowest BCUT2D eigenvalue weighted by molar-refractivity contribution is 0.0699. The predicted octanol–water partition coefficient (Wildman–Crippen LogP) is 2.98. The number of hydrogen-bond donors (Lipinski definition) is 2. The van der Waals surface area contributed by atoms with Gasteiger partial charge in [0.05, 0.1) is 11.1 Å². The minimum absolute atomic E-state index is 0.168. The van der Waals surface area contributed by atoms with Crippen LogP contribution >= 0.6 is 11.6 Å². The first kappa shape index (κ1) is 11.7. The maximum Gasteiger partial charge on any atom is 0.337 e. The van der Waals surface area contributed by atoms with Crippen molar-refractivity contribution >= 4 is 28.6 Å². The zero-order chi connectivity index (χ0) is 13.4. The van der Waals surface area contributed by atoms with Gasteiger partial charge in [-0.05, 0) is 24.3 Å². The molecule has 0 bridgehead atoms. The van der Waals surface area contributed by atoms with Crippen molar-refractivity contribution in [3.63, 3.8) is 0 Å². The topological polar surface area (TPSA) is 78.9 Å². The molecule has 0 atom stereocenters. The van der Waals surface area contributed by atoms with Crippen molar-refractivity contribution < 1.29 is 9.90 Å². The molecule has 0 radical (unpaired) electrons. The average molecular weight is 274 g/mol.